The summed E-state index contributed by atoms with van der Waals surface area (Å²) in [5.74, 6) is 0.588. The first kappa shape index (κ1) is 14.3. The van der Waals surface area contributed by atoms with Gasteiger partial charge in [0.05, 0.1) is 6.61 Å². The molecular weight excluding hydrogens is 265 g/mol. The van der Waals surface area contributed by atoms with Gasteiger partial charge in [-0.1, -0.05) is 0 Å². The fourth-order valence-electron chi connectivity index (χ4n) is 2.49. The molecular formula is C14H20BN5O. The van der Waals surface area contributed by atoms with Gasteiger partial charge >= 0.3 is 0 Å². The van der Waals surface area contributed by atoms with Crippen LogP contribution < -0.4 is 10.3 Å². The Hall–Kier alpha value is -1.60. The molecule has 0 saturated carbocycles. The number of nitrogens with zero attached hydrogens (tertiary/aromatic N) is 5. The second-order valence-corrected chi connectivity index (χ2v) is 5.47. The zero-order valence-electron chi connectivity index (χ0n) is 12.4. The van der Waals surface area contributed by atoms with Crippen molar-refractivity contribution in [2.24, 2.45) is 0 Å². The fourth-order valence-corrected chi connectivity index (χ4v) is 2.49. The number of hydrogen-bond donors (Lipinski definition) is 0. The Morgan fingerprint density at radius 3 is 2.86 bits per heavy atom. The quantitative estimate of drug-likeness (QED) is 0.549. The monoisotopic (exact) mass is 285 g/mol. The van der Waals surface area contributed by atoms with Crippen LogP contribution in [0, 0.1) is 0 Å². The molecule has 2 aromatic heterocycles. The predicted octanol–water partition coefficient (Wildman–Crippen LogP) is -0.461. The third-order valence-corrected chi connectivity index (χ3v) is 3.83. The molecule has 1 aliphatic heterocycles. The van der Waals surface area contributed by atoms with E-state index in [1.165, 1.54) is 0 Å². The summed E-state index contributed by atoms with van der Waals surface area (Å²) in [7, 11) is 7.95. The number of piperazine rings is 1. The van der Waals surface area contributed by atoms with Crippen LogP contribution in [0.2, 0.25) is 0 Å². The van der Waals surface area contributed by atoms with Gasteiger partial charge in [0, 0.05) is 50.6 Å². The maximum absolute atomic E-state index is 5.78. The molecule has 0 bridgehead atoms. The van der Waals surface area contributed by atoms with Gasteiger partial charge in [0.2, 0.25) is 5.88 Å². The topological polar surface area (TPSA) is 45.9 Å². The molecule has 2 radical (unpaired) electrons. The molecule has 1 saturated heterocycles. The lowest BCUT2D eigenvalue weighted by Crippen LogP contribution is -2.44. The molecule has 0 amide bonds. The van der Waals surface area contributed by atoms with Gasteiger partial charge in [-0.2, -0.15) is 0 Å². The number of fused-ring (bicyclic) bond motifs is 1. The molecule has 0 atom stereocenters. The van der Waals surface area contributed by atoms with E-state index in [-0.39, 0.29) is 0 Å². The van der Waals surface area contributed by atoms with Gasteiger partial charge in [-0.15, -0.1) is 5.10 Å². The van der Waals surface area contributed by atoms with Crippen molar-refractivity contribution in [3.8, 4) is 5.88 Å². The zero-order valence-corrected chi connectivity index (χ0v) is 12.4. The average molecular weight is 285 g/mol. The molecule has 3 heterocycles. The first-order valence-electron chi connectivity index (χ1n) is 7.36. The Labute approximate surface area is 126 Å². The average Bonchev–Trinajstić information content (AvgIpc) is 2.87. The first-order valence-corrected chi connectivity index (χ1v) is 7.36. The molecule has 1 aliphatic rings. The summed E-state index contributed by atoms with van der Waals surface area (Å²) >= 11 is 0. The van der Waals surface area contributed by atoms with Crippen LogP contribution in [0.1, 0.15) is 6.42 Å². The van der Waals surface area contributed by atoms with Gasteiger partial charge in [0.15, 0.2) is 5.65 Å². The van der Waals surface area contributed by atoms with Crippen LogP contribution >= 0.6 is 0 Å². The number of imidazole rings is 1. The summed E-state index contributed by atoms with van der Waals surface area (Å²) in [5.41, 5.74) is 1.25. The lowest BCUT2D eigenvalue weighted by atomic mass is 10.1. The Morgan fingerprint density at radius 1 is 1.24 bits per heavy atom. The molecule has 21 heavy (non-hydrogen) atoms. The molecule has 0 aliphatic carbocycles. The molecule has 2 aromatic rings. The molecule has 7 heteroatoms. The number of ether oxygens (including phenoxy) is 1. The summed E-state index contributed by atoms with van der Waals surface area (Å²) in [5, 5.41) is 4.32. The Morgan fingerprint density at radius 2 is 2.05 bits per heavy atom. The normalized spacial score (nSPS) is 17.4. The van der Waals surface area contributed by atoms with Crippen LogP contribution in [0.25, 0.3) is 5.65 Å². The van der Waals surface area contributed by atoms with Gasteiger partial charge in [-0.25, -0.2) is 9.50 Å². The van der Waals surface area contributed by atoms with Gasteiger partial charge in [0.25, 0.3) is 0 Å². The number of likely N-dealkylation sites (N-methyl/N-ethyl adjacent to an activating group) is 1. The largest absolute Gasteiger partial charge is 0.477 e. The summed E-state index contributed by atoms with van der Waals surface area (Å²) < 4.78 is 7.29. The van der Waals surface area contributed by atoms with E-state index in [0.717, 1.165) is 44.8 Å². The van der Waals surface area contributed by atoms with Crippen LogP contribution in [-0.4, -0.2) is 78.6 Å². The Balaban J connectivity index is 1.45. The lowest BCUT2D eigenvalue weighted by molar-refractivity contribution is 0.145. The first-order chi connectivity index (χ1) is 10.2. The van der Waals surface area contributed by atoms with Crippen molar-refractivity contribution < 1.29 is 4.74 Å². The van der Waals surface area contributed by atoms with Crippen LogP contribution in [0.3, 0.4) is 0 Å². The van der Waals surface area contributed by atoms with E-state index in [0.29, 0.717) is 18.1 Å². The van der Waals surface area contributed by atoms with E-state index in [1.807, 2.05) is 12.1 Å². The molecule has 6 nitrogen and oxygen atoms in total. The van der Waals surface area contributed by atoms with E-state index in [1.54, 1.807) is 10.7 Å². The van der Waals surface area contributed by atoms with Crippen molar-refractivity contribution in [1.82, 2.24) is 24.4 Å². The van der Waals surface area contributed by atoms with E-state index >= 15 is 0 Å². The summed E-state index contributed by atoms with van der Waals surface area (Å²) in [4.78, 5) is 8.98. The van der Waals surface area contributed by atoms with Crippen molar-refractivity contribution in [3.05, 3.63) is 18.3 Å². The highest BCUT2D eigenvalue weighted by atomic mass is 16.5. The lowest BCUT2D eigenvalue weighted by Gasteiger charge is -2.32. The second-order valence-electron chi connectivity index (χ2n) is 5.47. The smallest absolute Gasteiger partial charge is 0.231 e. The highest BCUT2D eigenvalue weighted by molar-refractivity contribution is 6.30. The molecule has 0 unspecified atom stereocenters. The molecule has 0 spiro atoms. The van der Waals surface area contributed by atoms with Gasteiger partial charge in [-0.3, -0.25) is 0 Å². The minimum Gasteiger partial charge on any atom is -0.477 e. The Bertz CT molecular complexity index is 594. The highest BCUT2D eigenvalue weighted by Crippen LogP contribution is 2.07. The van der Waals surface area contributed by atoms with E-state index in [4.69, 9.17) is 12.6 Å². The SMILES string of the molecule is [B]c1cnc2ccc(OCCCN3CCN(C)CC3)nn12. The minimum absolute atomic E-state index is 0.521. The standard InChI is InChI=1S/C14H20BN5O/c1-18-6-8-19(9-7-18)5-2-10-21-14-4-3-13-16-11-12(15)20(13)17-14/h3-4,11H,2,5-10H2,1H3. The molecule has 1 fully saturated rings. The number of aromatic nitrogens is 3. The molecule has 110 valence electrons. The summed E-state index contributed by atoms with van der Waals surface area (Å²) in [6.07, 6.45) is 2.60. The third-order valence-electron chi connectivity index (χ3n) is 3.83. The predicted molar refractivity (Wildman–Crippen MR) is 82.4 cm³/mol. The van der Waals surface area contributed by atoms with Crippen LogP contribution in [0.4, 0.5) is 0 Å². The van der Waals surface area contributed by atoms with Crippen molar-refractivity contribution in [2.75, 3.05) is 46.4 Å². The van der Waals surface area contributed by atoms with Crippen LogP contribution in [0.5, 0.6) is 5.88 Å². The van der Waals surface area contributed by atoms with Crippen molar-refractivity contribution >= 4 is 19.1 Å². The third kappa shape index (κ3) is 3.54. The minimum atomic E-state index is 0.521. The molecule has 3 rings (SSSR count). The highest BCUT2D eigenvalue weighted by Gasteiger charge is 2.12. The molecule has 0 N–H and O–H groups in total. The summed E-state index contributed by atoms with van der Waals surface area (Å²) in [6, 6.07) is 3.69. The Kier molecular flexibility index (Phi) is 4.41. The van der Waals surface area contributed by atoms with E-state index < -0.39 is 0 Å². The van der Waals surface area contributed by atoms with Crippen molar-refractivity contribution in [1.29, 1.82) is 0 Å². The van der Waals surface area contributed by atoms with Crippen LogP contribution in [0.15, 0.2) is 18.3 Å². The number of rotatable bonds is 5. The van der Waals surface area contributed by atoms with E-state index in [9.17, 15) is 0 Å². The number of hydrogen-bond acceptors (Lipinski definition) is 5. The van der Waals surface area contributed by atoms with Gasteiger partial charge in [-0.05, 0) is 19.5 Å². The summed E-state index contributed by atoms with van der Waals surface area (Å²) in [6.45, 7) is 6.33. The van der Waals surface area contributed by atoms with Gasteiger partial charge in [0.1, 0.15) is 7.85 Å². The maximum atomic E-state index is 5.78. The fraction of sp³-hybridized carbons (Fsp3) is 0.571. The second kappa shape index (κ2) is 6.45. The zero-order chi connectivity index (χ0) is 14.7. The van der Waals surface area contributed by atoms with Crippen LogP contribution in [-0.2, 0) is 0 Å². The van der Waals surface area contributed by atoms with Crippen molar-refractivity contribution in [2.45, 2.75) is 6.42 Å². The molecule has 0 aromatic carbocycles. The maximum Gasteiger partial charge on any atom is 0.231 e. The van der Waals surface area contributed by atoms with E-state index in [2.05, 4.69) is 26.9 Å². The van der Waals surface area contributed by atoms with Gasteiger partial charge < -0.3 is 14.5 Å². The van der Waals surface area contributed by atoms with Crippen molar-refractivity contribution in [3.63, 3.8) is 0 Å².